The lowest BCUT2D eigenvalue weighted by Crippen LogP contribution is -2.44. The van der Waals surface area contributed by atoms with Crippen LogP contribution in [0.1, 0.15) is 213 Å². The fraction of sp³-hybridized carbons (Fsp3) is 1.00. The molecular weight excluding hydrogens is 490 g/mol. The fourth-order valence-electron chi connectivity index (χ4n) is 6.10. The zero-order chi connectivity index (χ0) is 29.4. The van der Waals surface area contributed by atoms with Crippen LogP contribution in [0.2, 0.25) is 0 Å². The molecule has 0 spiro atoms. The van der Waals surface area contributed by atoms with Crippen LogP contribution in [0.4, 0.5) is 0 Å². The molecule has 40 heavy (non-hydrogen) atoms. The molecule has 0 aliphatic heterocycles. The molecule has 0 aromatic heterocycles. The van der Waals surface area contributed by atoms with Gasteiger partial charge in [0.15, 0.2) is 6.73 Å². The molecule has 0 aliphatic carbocycles. The maximum atomic E-state index is 12.9. The van der Waals surface area contributed by atoms with Crippen LogP contribution in [0.15, 0.2) is 0 Å². The minimum absolute atomic E-state index is 0.240. The number of hydroxylamine groups is 3. The Kier molecular flexibility index (Phi) is 31.7. The van der Waals surface area contributed by atoms with Gasteiger partial charge in [-0.1, -0.05) is 188 Å². The van der Waals surface area contributed by atoms with Crippen molar-refractivity contribution < 1.29 is 9.75 Å². The fourth-order valence-corrected chi connectivity index (χ4v) is 6.10. The van der Waals surface area contributed by atoms with Crippen LogP contribution in [0.5, 0.6) is 0 Å². The Labute approximate surface area is 253 Å². The Balaban J connectivity index is 3.39. The molecule has 3 heteroatoms. The van der Waals surface area contributed by atoms with E-state index in [-0.39, 0.29) is 11.4 Å². The van der Waals surface area contributed by atoms with Crippen molar-refractivity contribution in [3.05, 3.63) is 5.21 Å². The Bertz CT molecular complexity index is 469. The van der Waals surface area contributed by atoms with Crippen molar-refractivity contribution >= 4 is 0 Å². The van der Waals surface area contributed by atoms with Gasteiger partial charge >= 0.3 is 0 Å². The second kappa shape index (κ2) is 31.8. The first-order chi connectivity index (χ1) is 19.5. The van der Waals surface area contributed by atoms with Crippen LogP contribution in [-0.4, -0.2) is 29.6 Å². The SMILES string of the molecule is CCCCCCCCCCCCCCCCCC[N+]([O-])(CO)CCCCCCCCCCCCCCCC(C)C. The molecule has 0 saturated heterocycles. The van der Waals surface area contributed by atoms with Crippen LogP contribution < -0.4 is 0 Å². The highest BCUT2D eigenvalue weighted by Crippen LogP contribution is 2.17. The first kappa shape index (κ1) is 39.9. The Hall–Kier alpha value is -0.120. The van der Waals surface area contributed by atoms with Gasteiger partial charge in [-0.05, 0) is 31.6 Å². The number of nitrogens with zero attached hydrogens (tertiary/aromatic N) is 1. The molecule has 0 heterocycles. The van der Waals surface area contributed by atoms with Crippen molar-refractivity contribution in [3.8, 4) is 0 Å². The van der Waals surface area contributed by atoms with Crippen molar-refractivity contribution in [1.29, 1.82) is 0 Å². The van der Waals surface area contributed by atoms with Crippen molar-refractivity contribution in [2.24, 2.45) is 5.92 Å². The highest BCUT2D eigenvalue weighted by Gasteiger charge is 2.14. The number of aliphatic hydroxyl groups excluding tert-OH is 1. The van der Waals surface area contributed by atoms with Gasteiger partial charge in [-0.3, -0.25) is 0 Å². The van der Waals surface area contributed by atoms with Gasteiger partial charge in [0.25, 0.3) is 0 Å². The van der Waals surface area contributed by atoms with Gasteiger partial charge in [0.2, 0.25) is 0 Å². The average Bonchev–Trinajstić information content (AvgIpc) is 2.94. The molecule has 1 N–H and O–H groups in total. The smallest absolute Gasteiger partial charge is 0.180 e. The topological polar surface area (TPSA) is 43.3 Å². The average molecular weight is 568 g/mol. The number of quaternary nitrogens is 1. The first-order valence-corrected chi connectivity index (χ1v) is 18.7. The van der Waals surface area contributed by atoms with Crippen molar-refractivity contribution in [3.63, 3.8) is 0 Å². The Morgan fingerprint density at radius 1 is 0.425 bits per heavy atom. The standard InChI is InChI=1S/C37H77NO2/c1-4-5-6-7-8-9-10-11-12-13-16-19-22-25-28-31-34-38(40,36-39)35-32-29-26-23-20-17-14-15-18-21-24-27-30-33-37(2)3/h37,39H,4-36H2,1-3H3. The highest BCUT2D eigenvalue weighted by atomic mass is 16.6. The summed E-state index contributed by atoms with van der Waals surface area (Å²) in [6.45, 7) is 7.91. The van der Waals surface area contributed by atoms with E-state index in [0.29, 0.717) is 13.1 Å². The third kappa shape index (κ3) is 30.8. The van der Waals surface area contributed by atoms with E-state index in [1.54, 1.807) is 0 Å². The first-order valence-electron chi connectivity index (χ1n) is 18.7. The summed E-state index contributed by atoms with van der Waals surface area (Å²) in [7, 11) is 0. The summed E-state index contributed by atoms with van der Waals surface area (Å²) in [6.07, 6.45) is 40.4. The highest BCUT2D eigenvalue weighted by molar-refractivity contribution is 4.53. The van der Waals surface area contributed by atoms with E-state index in [4.69, 9.17) is 0 Å². The second-order valence-electron chi connectivity index (χ2n) is 13.7. The molecule has 0 saturated carbocycles. The largest absolute Gasteiger partial charge is 0.631 e. The van der Waals surface area contributed by atoms with E-state index in [1.165, 1.54) is 167 Å². The molecule has 0 aromatic carbocycles. The molecule has 0 fully saturated rings. The molecule has 0 aliphatic rings. The summed E-state index contributed by atoms with van der Waals surface area (Å²) in [6, 6.07) is 0. The summed E-state index contributed by atoms with van der Waals surface area (Å²) in [5.41, 5.74) is 0. The molecule has 0 radical (unpaired) electrons. The minimum atomic E-state index is -0.379. The van der Waals surface area contributed by atoms with Crippen LogP contribution >= 0.6 is 0 Å². The molecule has 3 nitrogen and oxygen atoms in total. The normalized spacial score (nSPS) is 13.3. The summed E-state index contributed by atoms with van der Waals surface area (Å²) in [5, 5.41) is 22.6. The second-order valence-corrected chi connectivity index (χ2v) is 13.7. The zero-order valence-corrected chi connectivity index (χ0v) is 28.2. The molecule has 0 amide bonds. The van der Waals surface area contributed by atoms with E-state index < -0.39 is 0 Å². The quantitative estimate of drug-likeness (QED) is 0.0363. The zero-order valence-electron chi connectivity index (χ0n) is 28.2. The number of aliphatic hydroxyl groups is 1. The minimum Gasteiger partial charge on any atom is -0.631 e. The molecule has 1 atom stereocenters. The maximum absolute atomic E-state index is 12.9. The van der Waals surface area contributed by atoms with E-state index in [9.17, 15) is 10.3 Å². The third-order valence-electron chi connectivity index (χ3n) is 9.02. The Morgan fingerprint density at radius 2 is 0.675 bits per heavy atom. The Morgan fingerprint density at radius 3 is 0.925 bits per heavy atom. The molecule has 0 bridgehead atoms. The summed E-state index contributed by atoms with van der Waals surface area (Å²) in [4.78, 5) is 0. The lowest BCUT2D eigenvalue weighted by atomic mass is 10.0. The van der Waals surface area contributed by atoms with Gasteiger partial charge in [0.1, 0.15) is 0 Å². The van der Waals surface area contributed by atoms with Gasteiger partial charge in [0.05, 0.1) is 13.1 Å². The van der Waals surface area contributed by atoms with Crippen molar-refractivity contribution in [2.45, 2.75) is 213 Å². The van der Waals surface area contributed by atoms with Crippen molar-refractivity contribution in [1.82, 2.24) is 0 Å². The predicted octanol–water partition coefficient (Wildman–Crippen LogP) is 12.6. The van der Waals surface area contributed by atoms with Gasteiger partial charge in [0, 0.05) is 0 Å². The number of rotatable bonds is 34. The van der Waals surface area contributed by atoms with Gasteiger partial charge < -0.3 is 15.0 Å². The van der Waals surface area contributed by atoms with E-state index in [2.05, 4.69) is 20.8 Å². The monoisotopic (exact) mass is 568 g/mol. The number of hydrogen-bond donors (Lipinski definition) is 1. The van der Waals surface area contributed by atoms with Crippen LogP contribution in [-0.2, 0) is 0 Å². The predicted molar refractivity (Wildman–Crippen MR) is 179 cm³/mol. The lowest BCUT2D eigenvalue weighted by Gasteiger charge is -2.41. The third-order valence-corrected chi connectivity index (χ3v) is 9.02. The number of hydrogen-bond acceptors (Lipinski definition) is 2. The van der Waals surface area contributed by atoms with E-state index in [0.717, 1.165) is 31.6 Å². The van der Waals surface area contributed by atoms with E-state index >= 15 is 0 Å². The summed E-state index contributed by atoms with van der Waals surface area (Å²) >= 11 is 0. The molecule has 0 rings (SSSR count). The lowest BCUT2D eigenvalue weighted by molar-refractivity contribution is -0.899. The molecular formula is C37H77NO2. The van der Waals surface area contributed by atoms with Crippen molar-refractivity contribution in [2.75, 3.05) is 19.8 Å². The summed E-state index contributed by atoms with van der Waals surface area (Å²) < 4.78 is -0.379. The molecule has 0 aromatic rings. The van der Waals surface area contributed by atoms with Crippen LogP contribution in [0, 0.1) is 11.1 Å². The summed E-state index contributed by atoms with van der Waals surface area (Å²) in [5.74, 6) is 0.866. The van der Waals surface area contributed by atoms with Crippen LogP contribution in [0.3, 0.4) is 0 Å². The number of unbranched alkanes of at least 4 members (excludes halogenated alkanes) is 27. The molecule has 242 valence electrons. The van der Waals surface area contributed by atoms with Gasteiger partial charge in [-0.25, -0.2) is 0 Å². The van der Waals surface area contributed by atoms with Gasteiger partial charge in [-0.15, -0.1) is 0 Å². The maximum Gasteiger partial charge on any atom is 0.180 e. The molecule has 1 unspecified atom stereocenters. The van der Waals surface area contributed by atoms with Gasteiger partial charge in [-0.2, -0.15) is 0 Å². The van der Waals surface area contributed by atoms with E-state index in [1.807, 2.05) is 0 Å². The van der Waals surface area contributed by atoms with Crippen LogP contribution in [0.25, 0.3) is 0 Å².